The van der Waals surface area contributed by atoms with Gasteiger partial charge in [-0.15, -0.1) is 0 Å². The average Bonchev–Trinajstić information content (AvgIpc) is 1.68. The van der Waals surface area contributed by atoms with Crippen molar-refractivity contribution in [2.75, 3.05) is 0 Å². The lowest BCUT2D eigenvalue weighted by atomic mass is 10.4. The molecule has 0 fully saturated rings. The minimum atomic E-state index is -0.199. The maximum absolute atomic E-state index is 10.3. The van der Waals surface area contributed by atoms with E-state index >= 15 is 0 Å². The first kappa shape index (κ1) is 6.88. The highest BCUT2D eigenvalue weighted by molar-refractivity contribution is 5.89. The Balaban J connectivity index is 3.32. The first-order valence-corrected chi connectivity index (χ1v) is 2.20. The third-order valence-electron chi connectivity index (χ3n) is 0.551. The van der Waals surface area contributed by atoms with E-state index in [0.29, 0.717) is 0 Å². The van der Waals surface area contributed by atoms with Crippen LogP contribution in [-0.2, 0) is 4.79 Å². The first-order valence-electron chi connectivity index (χ1n) is 2.20. The molecule has 0 spiro atoms. The summed E-state index contributed by atoms with van der Waals surface area (Å²) < 4.78 is 0. The predicted molar refractivity (Wildman–Crippen MR) is 31.7 cm³/mol. The quantitative estimate of drug-likeness (QED) is 0.506. The molecule has 0 saturated carbocycles. The Bertz CT molecular complexity index is 97.0. The van der Waals surface area contributed by atoms with Gasteiger partial charge in [0.1, 0.15) is 0 Å². The van der Waals surface area contributed by atoms with E-state index in [1.54, 1.807) is 0 Å². The third kappa shape index (κ3) is 3.08. The average molecular weight is 112 g/mol. The summed E-state index contributed by atoms with van der Waals surface area (Å²) >= 11 is 0. The Morgan fingerprint density at radius 3 is 2.88 bits per heavy atom. The zero-order chi connectivity index (χ0) is 6.41. The number of hydrogen-bond donors (Lipinski definition) is 2. The molecule has 3 heteroatoms. The molecule has 0 aromatic heterocycles. The molecule has 3 nitrogen and oxygen atoms in total. The summed E-state index contributed by atoms with van der Waals surface area (Å²) in [7, 11) is 0. The number of amides is 1. The van der Waals surface area contributed by atoms with Gasteiger partial charge in [-0.05, 0) is 6.20 Å². The van der Waals surface area contributed by atoms with Crippen LogP contribution in [0.25, 0.3) is 0 Å². The fourth-order valence-corrected chi connectivity index (χ4v) is 0.265. The molecule has 8 heavy (non-hydrogen) atoms. The van der Waals surface area contributed by atoms with Crippen molar-refractivity contribution in [3.63, 3.8) is 0 Å². The van der Waals surface area contributed by atoms with E-state index in [2.05, 4.69) is 11.9 Å². The van der Waals surface area contributed by atoms with Crippen LogP contribution in [0.2, 0.25) is 0 Å². The highest BCUT2D eigenvalue weighted by atomic mass is 16.1. The maximum atomic E-state index is 10.3. The van der Waals surface area contributed by atoms with Crippen molar-refractivity contribution in [3.05, 3.63) is 12.8 Å². The van der Waals surface area contributed by atoms with Crippen molar-refractivity contribution >= 4 is 12.1 Å². The minimum absolute atomic E-state index is 0.131. The largest absolute Gasteiger partial charge is 0.333 e. The second kappa shape index (κ2) is 4.05. The van der Waals surface area contributed by atoms with Gasteiger partial charge in [-0.25, -0.2) is 0 Å². The lowest BCUT2D eigenvalue weighted by Gasteiger charge is -1.89. The Hall–Kier alpha value is -1.12. The normalized spacial score (nSPS) is 7.50. The molecule has 0 heterocycles. The van der Waals surface area contributed by atoms with Crippen LogP contribution in [0.4, 0.5) is 0 Å². The Morgan fingerprint density at radius 1 is 1.88 bits per heavy atom. The van der Waals surface area contributed by atoms with E-state index in [9.17, 15) is 4.79 Å². The van der Waals surface area contributed by atoms with Crippen molar-refractivity contribution < 1.29 is 4.79 Å². The van der Waals surface area contributed by atoms with Crippen LogP contribution in [0.5, 0.6) is 0 Å². The van der Waals surface area contributed by atoms with Gasteiger partial charge in [-0.3, -0.25) is 4.79 Å². The van der Waals surface area contributed by atoms with E-state index in [1.807, 2.05) is 0 Å². The molecule has 0 aromatic rings. The monoisotopic (exact) mass is 112 g/mol. The number of rotatable bonds is 3. The van der Waals surface area contributed by atoms with Gasteiger partial charge in [0, 0.05) is 6.21 Å². The Labute approximate surface area is 47.9 Å². The maximum Gasteiger partial charge on any atom is 0.229 e. The molecular weight excluding hydrogens is 104 g/mol. The number of carbonyl (C=O) groups excluding carboxylic acids is 1. The molecule has 0 aliphatic heterocycles. The summed E-state index contributed by atoms with van der Waals surface area (Å²) in [6.07, 6.45) is 2.47. The molecule has 0 unspecified atom stereocenters. The Kier molecular flexibility index (Phi) is 3.48. The minimum Gasteiger partial charge on any atom is -0.333 e. The molecule has 0 rings (SSSR count). The lowest BCUT2D eigenvalue weighted by Crippen LogP contribution is -2.15. The molecule has 2 N–H and O–H groups in total. The molecule has 44 valence electrons. The van der Waals surface area contributed by atoms with Crippen molar-refractivity contribution in [1.82, 2.24) is 5.32 Å². The SMILES string of the molecule is C=CNC(=O)CC=N. The highest BCUT2D eigenvalue weighted by Crippen LogP contribution is 1.69. The van der Waals surface area contributed by atoms with Crippen LogP contribution < -0.4 is 5.32 Å². The van der Waals surface area contributed by atoms with Crippen molar-refractivity contribution in [3.8, 4) is 0 Å². The first-order chi connectivity index (χ1) is 3.81. The molecule has 0 aliphatic rings. The van der Waals surface area contributed by atoms with E-state index in [0.717, 1.165) is 6.21 Å². The van der Waals surface area contributed by atoms with Crippen LogP contribution in [0.1, 0.15) is 6.42 Å². The summed E-state index contributed by atoms with van der Waals surface area (Å²) in [6.45, 7) is 3.28. The zero-order valence-corrected chi connectivity index (χ0v) is 4.48. The molecule has 0 aromatic carbocycles. The molecule has 0 aliphatic carbocycles. The van der Waals surface area contributed by atoms with Crippen LogP contribution in [0.15, 0.2) is 12.8 Å². The smallest absolute Gasteiger partial charge is 0.229 e. The number of carbonyl (C=O) groups is 1. The molecule has 0 radical (unpaired) electrons. The lowest BCUT2D eigenvalue weighted by molar-refractivity contribution is -0.118. The van der Waals surface area contributed by atoms with E-state index in [1.165, 1.54) is 6.20 Å². The third-order valence-corrected chi connectivity index (χ3v) is 0.551. The van der Waals surface area contributed by atoms with Crippen molar-refractivity contribution in [1.29, 1.82) is 5.41 Å². The molecule has 0 atom stereocenters. The predicted octanol–water partition coefficient (Wildman–Crippen LogP) is 0.286. The summed E-state index contributed by atoms with van der Waals surface area (Å²) in [4.78, 5) is 10.3. The van der Waals surface area contributed by atoms with Gasteiger partial charge in [0.15, 0.2) is 0 Å². The standard InChI is InChI=1S/C5H8N2O/c1-2-7-5(8)3-4-6/h2,4,6H,1,3H2,(H,7,8). The van der Waals surface area contributed by atoms with Crippen LogP contribution >= 0.6 is 0 Å². The van der Waals surface area contributed by atoms with Gasteiger partial charge in [-0.1, -0.05) is 6.58 Å². The van der Waals surface area contributed by atoms with Gasteiger partial charge in [0.25, 0.3) is 0 Å². The molecule has 0 saturated heterocycles. The topological polar surface area (TPSA) is 53.0 Å². The van der Waals surface area contributed by atoms with Gasteiger partial charge >= 0.3 is 0 Å². The van der Waals surface area contributed by atoms with E-state index < -0.39 is 0 Å². The summed E-state index contributed by atoms with van der Waals surface area (Å²) in [5.74, 6) is -0.199. The second-order valence-electron chi connectivity index (χ2n) is 1.18. The fraction of sp³-hybridized carbons (Fsp3) is 0.200. The summed E-state index contributed by atoms with van der Waals surface area (Å²) in [5.41, 5.74) is 0. The highest BCUT2D eigenvalue weighted by Gasteiger charge is 1.90. The van der Waals surface area contributed by atoms with Gasteiger partial charge in [-0.2, -0.15) is 0 Å². The van der Waals surface area contributed by atoms with Gasteiger partial charge in [0.05, 0.1) is 6.42 Å². The number of nitrogens with one attached hydrogen (secondary N) is 2. The zero-order valence-electron chi connectivity index (χ0n) is 4.48. The fourth-order valence-electron chi connectivity index (χ4n) is 0.265. The van der Waals surface area contributed by atoms with E-state index in [4.69, 9.17) is 5.41 Å². The van der Waals surface area contributed by atoms with E-state index in [-0.39, 0.29) is 12.3 Å². The van der Waals surface area contributed by atoms with Crippen LogP contribution in [0, 0.1) is 5.41 Å². The van der Waals surface area contributed by atoms with Gasteiger partial charge in [0.2, 0.25) is 5.91 Å². The molecular formula is C5H8N2O. The summed E-state index contributed by atoms with van der Waals surface area (Å²) in [6, 6.07) is 0. The second-order valence-corrected chi connectivity index (χ2v) is 1.18. The number of hydrogen-bond acceptors (Lipinski definition) is 2. The molecule has 0 bridgehead atoms. The Morgan fingerprint density at radius 2 is 2.50 bits per heavy atom. The van der Waals surface area contributed by atoms with Crippen LogP contribution in [0.3, 0.4) is 0 Å². The van der Waals surface area contributed by atoms with Crippen LogP contribution in [-0.4, -0.2) is 12.1 Å². The molecule has 1 amide bonds. The van der Waals surface area contributed by atoms with Gasteiger partial charge < -0.3 is 10.7 Å². The van der Waals surface area contributed by atoms with Crippen molar-refractivity contribution in [2.24, 2.45) is 0 Å². The summed E-state index contributed by atoms with van der Waals surface area (Å²) in [5, 5.41) is 8.81. The van der Waals surface area contributed by atoms with Crippen molar-refractivity contribution in [2.45, 2.75) is 6.42 Å².